The van der Waals surface area contributed by atoms with Crippen molar-refractivity contribution < 1.29 is 36.2 Å². The van der Waals surface area contributed by atoms with Gasteiger partial charge in [-0.15, -0.1) is 0 Å². The van der Waals surface area contributed by atoms with Gasteiger partial charge < -0.3 is 5.11 Å². The number of carboxylic acids is 1. The van der Waals surface area contributed by atoms with Crippen molar-refractivity contribution in [1.82, 2.24) is 0 Å². The molecule has 0 aromatic heterocycles. The zero-order chi connectivity index (χ0) is 11.5. The Morgan fingerprint density at radius 2 is 1.36 bits per heavy atom. The molecule has 0 fully saturated rings. The number of aliphatic carboxylic acids is 1. The molecule has 0 unspecified atom stereocenters. The molecule has 0 spiro atoms. The van der Waals surface area contributed by atoms with E-state index < -0.39 is 35.7 Å². The van der Waals surface area contributed by atoms with Crippen molar-refractivity contribution in [1.29, 1.82) is 0 Å². The maximum atomic E-state index is 12.2. The van der Waals surface area contributed by atoms with Crippen LogP contribution < -0.4 is 0 Å². The monoisotopic (exact) mass is 220 g/mol. The molecule has 80 valence electrons. The minimum Gasteiger partial charge on any atom is -0.476 e. The summed E-state index contributed by atoms with van der Waals surface area (Å²) < 4.78 is 71.0. The predicted octanol–water partition coefficient (Wildman–Crippen LogP) is 2.64. The summed E-state index contributed by atoms with van der Waals surface area (Å²) >= 11 is 0. The van der Waals surface area contributed by atoms with Gasteiger partial charge in [0.2, 0.25) is 17.5 Å². The van der Waals surface area contributed by atoms with Crippen LogP contribution in [0.4, 0.5) is 26.3 Å². The molecule has 14 heavy (non-hydrogen) atoms. The van der Waals surface area contributed by atoms with Crippen LogP contribution in [0.3, 0.4) is 0 Å². The highest BCUT2D eigenvalue weighted by Gasteiger charge is 2.25. The fourth-order valence-electron chi connectivity index (χ4n) is 0.391. The first-order valence-corrected chi connectivity index (χ1v) is 2.91. The Morgan fingerprint density at radius 1 is 0.929 bits per heavy atom. The summed E-state index contributed by atoms with van der Waals surface area (Å²) in [7, 11) is 0. The van der Waals surface area contributed by atoms with E-state index >= 15 is 0 Å². The second-order valence-corrected chi connectivity index (χ2v) is 1.90. The molecule has 0 saturated carbocycles. The lowest BCUT2D eigenvalue weighted by atomic mass is 10.3. The van der Waals surface area contributed by atoms with E-state index in [-0.39, 0.29) is 0 Å². The summed E-state index contributed by atoms with van der Waals surface area (Å²) in [4.78, 5) is 9.67. The standard InChI is InChI=1S/C6H2F6O2/c7-1(3(9)5(11)12)2(8)4(10)6(13)14/h5H,(H,13,14)/b3-1+,4-2+. The number of halogens is 6. The van der Waals surface area contributed by atoms with E-state index in [1.54, 1.807) is 0 Å². The SMILES string of the molecule is O=C(O)/C(F)=C(F)/C(F)=C(\F)C(F)F. The maximum absolute atomic E-state index is 12.2. The van der Waals surface area contributed by atoms with Gasteiger partial charge >= 0.3 is 5.97 Å². The third-order valence-corrected chi connectivity index (χ3v) is 0.974. The van der Waals surface area contributed by atoms with Crippen LogP contribution in [0.25, 0.3) is 0 Å². The molecule has 0 aliphatic rings. The molecule has 2 nitrogen and oxygen atoms in total. The zero-order valence-corrected chi connectivity index (χ0v) is 6.20. The van der Waals surface area contributed by atoms with E-state index in [0.29, 0.717) is 0 Å². The summed E-state index contributed by atoms with van der Waals surface area (Å²) in [6, 6.07) is 0. The van der Waals surface area contributed by atoms with E-state index in [0.717, 1.165) is 0 Å². The highest BCUT2D eigenvalue weighted by atomic mass is 19.3. The lowest BCUT2D eigenvalue weighted by Gasteiger charge is -1.97. The molecule has 0 saturated heterocycles. The van der Waals surface area contributed by atoms with Crippen molar-refractivity contribution in [3.8, 4) is 0 Å². The molecule has 8 heteroatoms. The lowest BCUT2D eigenvalue weighted by Crippen LogP contribution is -2.01. The van der Waals surface area contributed by atoms with Gasteiger partial charge in [-0.05, 0) is 0 Å². The van der Waals surface area contributed by atoms with Gasteiger partial charge in [0.05, 0.1) is 0 Å². The molecule has 0 rings (SSSR count). The fraction of sp³-hybridized carbons (Fsp3) is 0.167. The minimum absolute atomic E-state index is 2.53. The van der Waals surface area contributed by atoms with Crippen molar-refractivity contribution in [2.24, 2.45) is 0 Å². The molecular weight excluding hydrogens is 218 g/mol. The number of allylic oxidation sites excluding steroid dienone is 3. The average Bonchev–Trinajstić information content (AvgIpc) is 2.12. The largest absolute Gasteiger partial charge is 0.476 e. The summed E-state index contributed by atoms with van der Waals surface area (Å²) in [5.74, 6) is -13.7. The Labute approximate surface area is 73.1 Å². The summed E-state index contributed by atoms with van der Waals surface area (Å²) in [5.41, 5.74) is 0. The van der Waals surface area contributed by atoms with Crippen LogP contribution in [-0.2, 0) is 4.79 Å². The number of alkyl halides is 2. The number of rotatable bonds is 3. The quantitative estimate of drug-likeness (QED) is 0.451. The molecule has 0 bridgehead atoms. The van der Waals surface area contributed by atoms with Crippen LogP contribution >= 0.6 is 0 Å². The van der Waals surface area contributed by atoms with Gasteiger partial charge in [-0.25, -0.2) is 26.7 Å². The topological polar surface area (TPSA) is 37.3 Å². The molecular formula is C6H2F6O2. The molecule has 0 heterocycles. The van der Waals surface area contributed by atoms with Crippen molar-refractivity contribution in [3.05, 3.63) is 23.3 Å². The molecule has 1 N–H and O–H groups in total. The van der Waals surface area contributed by atoms with Gasteiger partial charge in [0, 0.05) is 0 Å². The van der Waals surface area contributed by atoms with Gasteiger partial charge in [0.15, 0.2) is 5.83 Å². The average molecular weight is 220 g/mol. The Kier molecular flexibility index (Phi) is 4.19. The van der Waals surface area contributed by atoms with Crippen molar-refractivity contribution in [2.45, 2.75) is 6.43 Å². The number of hydrogen-bond donors (Lipinski definition) is 1. The van der Waals surface area contributed by atoms with Crippen LogP contribution in [0.15, 0.2) is 23.3 Å². The fourth-order valence-corrected chi connectivity index (χ4v) is 0.391. The summed E-state index contributed by atoms with van der Waals surface area (Å²) in [5, 5.41) is 7.75. The Hall–Kier alpha value is -1.47. The van der Waals surface area contributed by atoms with Crippen LogP contribution in [-0.4, -0.2) is 17.5 Å². The third kappa shape index (κ3) is 2.79. The smallest absolute Gasteiger partial charge is 0.367 e. The molecule has 0 aromatic carbocycles. The van der Waals surface area contributed by atoms with E-state index in [2.05, 4.69) is 0 Å². The van der Waals surface area contributed by atoms with E-state index in [4.69, 9.17) is 5.11 Å². The van der Waals surface area contributed by atoms with Crippen molar-refractivity contribution in [3.63, 3.8) is 0 Å². The third-order valence-electron chi connectivity index (χ3n) is 0.974. The normalized spacial score (nSPS) is 15.1. The minimum atomic E-state index is -3.98. The summed E-state index contributed by atoms with van der Waals surface area (Å²) in [6.45, 7) is 0. The van der Waals surface area contributed by atoms with Gasteiger partial charge in [-0.1, -0.05) is 0 Å². The van der Waals surface area contributed by atoms with Crippen LogP contribution in [0, 0.1) is 0 Å². The molecule has 0 aliphatic heterocycles. The second kappa shape index (κ2) is 4.68. The van der Waals surface area contributed by atoms with Crippen LogP contribution in [0.5, 0.6) is 0 Å². The Morgan fingerprint density at radius 3 is 1.64 bits per heavy atom. The highest BCUT2D eigenvalue weighted by molar-refractivity contribution is 5.85. The first-order valence-electron chi connectivity index (χ1n) is 2.91. The predicted molar refractivity (Wildman–Crippen MR) is 32.1 cm³/mol. The lowest BCUT2D eigenvalue weighted by molar-refractivity contribution is -0.134. The van der Waals surface area contributed by atoms with Gasteiger partial charge in [-0.2, -0.15) is 4.39 Å². The van der Waals surface area contributed by atoms with Crippen LogP contribution in [0.1, 0.15) is 0 Å². The van der Waals surface area contributed by atoms with Crippen molar-refractivity contribution >= 4 is 5.97 Å². The van der Waals surface area contributed by atoms with E-state index in [1.807, 2.05) is 0 Å². The first kappa shape index (κ1) is 12.5. The van der Waals surface area contributed by atoms with E-state index in [9.17, 15) is 31.1 Å². The Bertz CT molecular complexity index is 305. The first-order chi connectivity index (χ1) is 6.29. The second-order valence-electron chi connectivity index (χ2n) is 1.90. The summed E-state index contributed by atoms with van der Waals surface area (Å²) in [6.07, 6.45) is -3.98. The molecule has 0 amide bonds. The van der Waals surface area contributed by atoms with Crippen LogP contribution in [0.2, 0.25) is 0 Å². The number of carboxylic acid groups (broad SMARTS) is 1. The van der Waals surface area contributed by atoms with Crippen molar-refractivity contribution in [2.75, 3.05) is 0 Å². The van der Waals surface area contributed by atoms with E-state index in [1.165, 1.54) is 0 Å². The molecule has 0 aliphatic carbocycles. The molecule has 0 atom stereocenters. The molecule has 0 radical (unpaired) electrons. The maximum Gasteiger partial charge on any atom is 0.367 e. The zero-order valence-electron chi connectivity index (χ0n) is 6.20. The highest BCUT2D eigenvalue weighted by Crippen LogP contribution is 2.26. The molecule has 0 aromatic rings. The van der Waals surface area contributed by atoms with Gasteiger partial charge in [0.1, 0.15) is 0 Å². The Balaban J connectivity index is 5.24. The number of hydrogen-bond acceptors (Lipinski definition) is 1. The number of carbonyl (C=O) groups is 1. The van der Waals surface area contributed by atoms with Gasteiger partial charge in [-0.3, -0.25) is 0 Å². The van der Waals surface area contributed by atoms with Gasteiger partial charge in [0.25, 0.3) is 6.43 Å².